The average Bonchev–Trinajstić information content (AvgIpc) is 3.08. The van der Waals surface area contributed by atoms with Crippen molar-refractivity contribution in [3.63, 3.8) is 0 Å². The quantitative estimate of drug-likeness (QED) is 0.807. The van der Waals surface area contributed by atoms with E-state index in [1.165, 1.54) is 6.26 Å². The van der Waals surface area contributed by atoms with Gasteiger partial charge in [-0.3, -0.25) is 9.59 Å². The summed E-state index contributed by atoms with van der Waals surface area (Å²) in [5.74, 6) is 0.328. The van der Waals surface area contributed by atoms with Gasteiger partial charge < -0.3 is 19.4 Å². The number of likely N-dealkylation sites (N-methyl/N-ethyl adjacent to an activating group) is 1. The number of ether oxygens (including phenoxy) is 1. The van der Waals surface area contributed by atoms with E-state index in [0.29, 0.717) is 24.4 Å². The number of rotatable bonds is 8. The van der Waals surface area contributed by atoms with Gasteiger partial charge in [-0.05, 0) is 32.0 Å². The Morgan fingerprint density at radius 2 is 1.83 bits per heavy atom. The number of benzene rings is 1. The van der Waals surface area contributed by atoms with Gasteiger partial charge in [0.2, 0.25) is 5.91 Å². The minimum atomic E-state index is -0.424. The molecule has 0 atom stereocenters. The molecule has 0 saturated carbocycles. The molecule has 6 heteroatoms. The molecule has 128 valence electrons. The van der Waals surface area contributed by atoms with Gasteiger partial charge >= 0.3 is 0 Å². The summed E-state index contributed by atoms with van der Waals surface area (Å²) in [7, 11) is 0. The number of furan rings is 1. The molecule has 0 fully saturated rings. The van der Waals surface area contributed by atoms with Crippen LogP contribution in [0.2, 0.25) is 0 Å². The molecule has 0 aliphatic rings. The second-order valence-corrected chi connectivity index (χ2v) is 5.13. The largest absolute Gasteiger partial charge is 0.489 e. The Balaban J connectivity index is 1.91. The van der Waals surface area contributed by atoms with Crippen LogP contribution in [0.1, 0.15) is 30.0 Å². The van der Waals surface area contributed by atoms with Crippen LogP contribution < -0.4 is 10.1 Å². The Hall–Kier alpha value is -2.76. The summed E-state index contributed by atoms with van der Waals surface area (Å²) in [6.07, 6.45) is 1.44. The second kappa shape index (κ2) is 8.76. The zero-order valence-corrected chi connectivity index (χ0v) is 14.0. The normalized spacial score (nSPS) is 10.2. The van der Waals surface area contributed by atoms with Crippen molar-refractivity contribution in [3.05, 3.63) is 54.0 Å². The standard InChI is InChI=1S/C18H22N2O4/c1-3-20(4-2)16(21)12-19-18(22)17-14(10-11-23-17)13-24-15-8-6-5-7-9-15/h5-11H,3-4,12-13H2,1-2H3,(H,19,22). The number of nitrogens with one attached hydrogen (secondary N) is 1. The van der Waals surface area contributed by atoms with Gasteiger partial charge in [-0.25, -0.2) is 0 Å². The van der Waals surface area contributed by atoms with Crippen LogP contribution in [0.3, 0.4) is 0 Å². The molecule has 0 aliphatic carbocycles. The lowest BCUT2D eigenvalue weighted by molar-refractivity contribution is -0.129. The van der Waals surface area contributed by atoms with Crippen LogP contribution >= 0.6 is 0 Å². The van der Waals surface area contributed by atoms with Gasteiger partial charge in [-0.2, -0.15) is 0 Å². The summed E-state index contributed by atoms with van der Waals surface area (Å²) in [4.78, 5) is 25.8. The van der Waals surface area contributed by atoms with E-state index >= 15 is 0 Å². The van der Waals surface area contributed by atoms with Crippen molar-refractivity contribution in [1.82, 2.24) is 10.2 Å². The van der Waals surface area contributed by atoms with Crippen molar-refractivity contribution in [2.24, 2.45) is 0 Å². The first-order chi connectivity index (χ1) is 11.7. The summed E-state index contributed by atoms with van der Waals surface area (Å²) in [6.45, 7) is 5.18. The molecule has 2 aromatic rings. The van der Waals surface area contributed by atoms with Crippen LogP contribution in [0.25, 0.3) is 0 Å². The van der Waals surface area contributed by atoms with Crippen LogP contribution in [-0.2, 0) is 11.4 Å². The molecular weight excluding hydrogens is 308 g/mol. The van der Waals surface area contributed by atoms with Gasteiger partial charge in [0, 0.05) is 18.7 Å². The monoisotopic (exact) mass is 330 g/mol. The molecule has 0 bridgehead atoms. The van der Waals surface area contributed by atoms with Crippen LogP contribution in [-0.4, -0.2) is 36.3 Å². The molecule has 6 nitrogen and oxygen atoms in total. The number of carbonyl (C=O) groups excluding carboxylic acids is 2. The maximum Gasteiger partial charge on any atom is 0.287 e. The highest BCUT2D eigenvalue weighted by Gasteiger charge is 2.18. The molecule has 1 heterocycles. The molecule has 0 spiro atoms. The van der Waals surface area contributed by atoms with E-state index in [2.05, 4.69) is 5.32 Å². The highest BCUT2D eigenvalue weighted by molar-refractivity contribution is 5.95. The lowest BCUT2D eigenvalue weighted by Crippen LogP contribution is -2.40. The molecule has 0 radical (unpaired) electrons. The summed E-state index contributed by atoms with van der Waals surface area (Å²) in [6, 6.07) is 11.0. The Morgan fingerprint density at radius 1 is 1.12 bits per heavy atom. The topological polar surface area (TPSA) is 71.8 Å². The molecule has 2 rings (SSSR count). The van der Waals surface area contributed by atoms with E-state index in [9.17, 15) is 9.59 Å². The maximum atomic E-state index is 12.2. The molecule has 0 aliphatic heterocycles. The van der Waals surface area contributed by atoms with E-state index < -0.39 is 5.91 Å². The smallest absolute Gasteiger partial charge is 0.287 e. The van der Waals surface area contributed by atoms with Gasteiger partial charge in [0.1, 0.15) is 12.4 Å². The molecule has 2 amide bonds. The maximum absolute atomic E-state index is 12.2. The summed E-state index contributed by atoms with van der Waals surface area (Å²) < 4.78 is 10.9. The summed E-state index contributed by atoms with van der Waals surface area (Å²) in [5, 5.41) is 2.59. The Morgan fingerprint density at radius 3 is 2.50 bits per heavy atom. The zero-order valence-electron chi connectivity index (χ0n) is 14.0. The van der Waals surface area contributed by atoms with Gasteiger partial charge in [0.25, 0.3) is 5.91 Å². The predicted molar refractivity (Wildman–Crippen MR) is 89.7 cm³/mol. The number of hydrogen-bond donors (Lipinski definition) is 1. The lowest BCUT2D eigenvalue weighted by Gasteiger charge is -2.18. The third-order valence-corrected chi connectivity index (χ3v) is 3.61. The first-order valence-electron chi connectivity index (χ1n) is 7.95. The Bertz CT molecular complexity index is 663. The van der Waals surface area contributed by atoms with Crippen molar-refractivity contribution in [2.75, 3.05) is 19.6 Å². The molecule has 1 aromatic heterocycles. The molecule has 0 saturated heterocycles. The third kappa shape index (κ3) is 4.62. The predicted octanol–water partition coefficient (Wildman–Crippen LogP) is 2.46. The first-order valence-corrected chi connectivity index (χ1v) is 7.95. The van der Waals surface area contributed by atoms with Crippen molar-refractivity contribution in [3.8, 4) is 5.75 Å². The highest BCUT2D eigenvalue weighted by atomic mass is 16.5. The van der Waals surface area contributed by atoms with Crippen molar-refractivity contribution in [1.29, 1.82) is 0 Å². The minimum absolute atomic E-state index is 0.0554. The molecule has 1 aromatic carbocycles. The van der Waals surface area contributed by atoms with E-state index in [1.807, 2.05) is 44.2 Å². The van der Waals surface area contributed by atoms with Crippen molar-refractivity contribution < 1.29 is 18.7 Å². The van der Waals surface area contributed by atoms with Gasteiger partial charge in [-0.15, -0.1) is 0 Å². The van der Waals surface area contributed by atoms with Crippen LogP contribution in [0.5, 0.6) is 5.75 Å². The van der Waals surface area contributed by atoms with E-state index in [1.54, 1.807) is 11.0 Å². The van der Waals surface area contributed by atoms with Crippen molar-refractivity contribution >= 4 is 11.8 Å². The Kier molecular flexibility index (Phi) is 6.42. The number of amides is 2. The fraction of sp³-hybridized carbons (Fsp3) is 0.333. The number of nitrogens with zero attached hydrogens (tertiary/aromatic N) is 1. The molecule has 0 unspecified atom stereocenters. The SMILES string of the molecule is CCN(CC)C(=O)CNC(=O)c1occc1COc1ccccc1. The van der Waals surface area contributed by atoms with Crippen LogP contribution in [0.4, 0.5) is 0 Å². The van der Waals surface area contributed by atoms with E-state index in [-0.39, 0.29) is 24.8 Å². The van der Waals surface area contributed by atoms with Gasteiger partial charge in [-0.1, -0.05) is 18.2 Å². The lowest BCUT2D eigenvalue weighted by atomic mass is 10.2. The summed E-state index contributed by atoms with van der Waals surface area (Å²) >= 11 is 0. The Labute approximate surface area is 141 Å². The highest BCUT2D eigenvalue weighted by Crippen LogP contribution is 2.15. The number of carbonyl (C=O) groups is 2. The second-order valence-electron chi connectivity index (χ2n) is 5.13. The first kappa shape index (κ1) is 17.6. The number of para-hydroxylation sites is 1. The fourth-order valence-corrected chi connectivity index (χ4v) is 2.25. The fourth-order valence-electron chi connectivity index (χ4n) is 2.25. The minimum Gasteiger partial charge on any atom is -0.489 e. The van der Waals surface area contributed by atoms with Crippen molar-refractivity contribution in [2.45, 2.75) is 20.5 Å². The molecular formula is C18H22N2O4. The average molecular weight is 330 g/mol. The van der Waals surface area contributed by atoms with Gasteiger partial charge in [0.05, 0.1) is 12.8 Å². The molecule has 24 heavy (non-hydrogen) atoms. The van der Waals surface area contributed by atoms with E-state index in [0.717, 1.165) is 0 Å². The van der Waals surface area contributed by atoms with E-state index in [4.69, 9.17) is 9.15 Å². The zero-order chi connectivity index (χ0) is 17.4. The number of hydrogen-bond acceptors (Lipinski definition) is 4. The molecule has 1 N–H and O–H groups in total. The summed E-state index contributed by atoms with van der Waals surface area (Å²) in [5.41, 5.74) is 0.631. The third-order valence-electron chi connectivity index (χ3n) is 3.61. The van der Waals surface area contributed by atoms with Crippen LogP contribution in [0.15, 0.2) is 47.1 Å². The van der Waals surface area contributed by atoms with Gasteiger partial charge in [0.15, 0.2) is 5.76 Å². The van der Waals surface area contributed by atoms with Crippen LogP contribution in [0, 0.1) is 0 Å².